The molecule has 1 N–H and O–H groups in total. The lowest BCUT2D eigenvalue weighted by Crippen LogP contribution is -2.41. The zero-order chi connectivity index (χ0) is 14.5. The van der Waals surface area contributed by atoms with Crippen LogP contribution in [0.25, 0.3) is 0 Å². The number of nitrogens with zero attached hydrogens (tertiary/aromatic N) is 1. The molecule has 1 saturated carbocycles. The molecule has 20 heavy (non-hydrogen) atoms. The molecule has 0 bridgehead atoms. The van der Waals surface area contributed by atoms with Crippen LogP contribution in [0.3, 0.4) is 0 Å². The predicted octanol–water partition coefficient (Wildman–Crippen LogP) is 2.61. The van der Waals surface area contributed by atoms with Crippen molar-refractivity contribution < 1.29 is 9.31 Å². The van der Waals surface area contributed by atoms with E-state index in [1.165, 1.54) is 12.8 Å². The maximum absolute atomic E-state index is 6.36. The Morgan fingerprint density at radius 2 is 1.85 bits per heavy atom. The van der Waals surface area contributed by atoms with Crippen LogP contribution < -0.4 is 10.8 Å². The van der Waals surface area contributed by atoms with E-state index < -0.39 is 7.12 Å². The molecule has 6 heteroatoms. The van der Waals surface area contributed by atoms with Crippen molar-refractivity contribution in [2.75, 3.05) is 5.32 Å². The third-order valence-electron chi connectivity index (χ3n) is 4.34. The molecular weight excluding hydrogens is 274 g/mol. The van der Waals surface area contributed by atoms with Gasteiger partial charge in [-0.1, -0.05) is 11.6 Å². The summed E-state index contributed by atoms with van der Waals surface area (Å²) in [7, 11) is -0.484. The number of aromatic nitrogens is 1. The number of pyridine rings is 1. The number of hydrogen-bond acceptors (Lipinski definition) is 4. The topological polar surface area (TPSA) is 43.4 Å². The second-order valence-corrected chi connectivity index (χ2v) is 6.97. The molecular formula is C14H20BClN2O2. The summed E-state index contributed by atoms with van der Waals surface area (Å²) in [4.78, 5) is 4.40. The third kappa shape index (κ3) is 2.43. The first kappa shape index (κ1) is 14.2. The van der Waals surface area contributed by atoms with Crippen LogP contribution in [0.15, 0.2) is 12.3 Å². The minimum Gasteiger partial charge on any atom is -0.399 e. The zero-order valence-corrected chi connectivity index (χ0v) is 13.1. The molecule has 0 atom stereocenters. The molecule has 1 aromatic heterocycles. The first-order valence-electron chi connectivity index (χ1n) is 7.07. The van der Waals surface area contributed by atoms with Gasteiger partial charge in [0.1, 0.15) is 5.82 Å². The molecule has 0 radical (unpaired) electrons. The minimum absolute atomic E-state index is 0.381. The molecule has 2 heterocycles. The van der Waals surface area contributed by atoms with Crippen LogP contribution in [0.4, 0.5) is 5.82 Å². The van der Waals surface area contributed by atoms with Gasteiger partial charge in [0, 0.05) is 22.7 Å². The van der Waals surface area contributed by atoms with E-state index >= 15 is 0 Å². The normalized spacial score (nSPS) is 23.9. The van der Waals surface area contributed by atoms with Gasteiger partial charge in [-0.25, -0.2) is 4.98 Å². The van der Waals surface area contributed by atoms with Crippen LogP contribution in [0, 0.1) is 0 Å². The summed E-state index contributed by atoms with van der Waals surface area (Å²) in [5.41, 5.74) is 0.0428. The number of nitrogens with one attached hydrogen (secondary N) is 1. The Labute approximate surface area is 125 Å². The lowest BCUT2D eigenvalue weighted by Gasteiger charge is -2.32. The molecule has 0 spiro atoms. The van der Waals surface area contributed by atoms with Gasteiger partial charge in [0.25, 0.3) is 0 Å². The smallest absolute Gasteiger partial charge is 0.399 e. The van der Waals surface area contributed by atoms with Crippen LogP contribution >= 0.6 is 11.6 Å². The summed E-state index contributed by atoms with van der Waals surface area (Å²) in [6.45, 7) is 8.13. The summed E-state index contributed by atoms with van der Waals surface area (Å²) in [5.74, 6) is 0.776. The molecule has 1 aliphatic carbocycles. The van der Waals surface area contributed by atoms with Crippen molar-refractivity contribution in [1.29, 1.82) is 0 Å². The quantitative estimate of drug-likeness (QED) is 0.870. The van der Waals surface area contributed by atoms with Gasteiger partial charge in [0.05, 0.1) is 11.2 Å². The van der Waals surface area contributed by atoms with Gasteiger partial charge in [-0.05, 0) is 46.6 Å². The number of anilines is 1. The average Bonchev–Trinajstić information content (AvgIpc) is 3.07. The Bertz CT molecular complexity index is 516. The molecule has 0 aromatic carbocycles. The highest BCUT2D eigenvalue weighted by molar-refractivity contribution is 6.67. The van der Waals surface area contributed by atoms with Gasteiger partial charge in [0.2, 0.25) is 0 Å². The van der Waals surface area contributed by atoms with E-state index in [0.717, 1.165) is 11.3 Å². The van der Waals surface area contributed by atoms with Crippen LogP contribution in [0.2, 0.25) is 5.02 Å². The summed E-state index contributed by atoms with van der Waals surface area (Å²) in [6, 6.07) is 2.28. The maximum atomic E-state index is 6.36. The van der Waals surface area contributed by atoms with Crippen molar-refractivity contribution >= 4 is 30.0 Å². The highest BCUT2D eigenvalue weighted by Gasteiger charge is 2.53. The van der Waals surface area contributed by atoms with Crippen LogP contribution in [0.1, 0.15) is 40.5 Å². The molecule has 1 aromatic rings. The van der Waals surface area contributed by atoms with Crippen LogP contribution in [-0.2, 0) is 9.31 Å². The number of halogens is 1. The molecule has 4 nitrogen and oxygen atoms in total. The van der Waals surface area contributed by atoms with Crippen molar-refractivity contribution in [3.8, 4) is 0 Å². The minimum atomic E-state index is -0.484. The number of hydrogen-bond donors (Lipinski definition) is 1. The molecule has 1 aliphatic heterocycles. The van der Waals surface area contributed by atoms with E-state index in [2.05, 4.69) is 10.3 Å². The molecule has 108 valence electrons. The summed E-state index contributed by atoms with van der Waals surface area (Å²) >= 11 is 6.36. The van der Waals surface area contributed by atoms with Gasteiger partial charge >= 0.3 is 7.12 Å². The first-order valence-corrected chi connectivity index (χ1v) is 7.44. The molecule has 2 fully saturated rings. The molecule has 1 saturated heterocycles. The van der Waals surface area contributed by atoms with Gasteiger partial charge in [0.15, 0.2) is 0 Å². The second-order valence-electron chi connectivity index (χ2n) is 6.56. The van der Waals surface area contributed by atoms with Gasteiger partial charge in [-0.15, -0.1) is 0 Å². The largest absolute Gasteiger partial charge is 0.500 e. The highest BCUT2D eigenvalue weighted by Crippen LogP contribution is 2.37. The SMILES string of the molecule is CC1(C)OB(c2c(Cl)ccnc2NC2CC2)OC1(C)C. The van der Waals surface area contributed by atoms with Crippen molar-refractivity contribution in [3.63, 3.8) is 0 Å². The van der Waals surface area contributed by atoms with Crippen molar-refractivity contribution in [1.82, 2.24) is 4.98 Å². The Morgan fingerprint density at radius 1 is 1.25 bits per heavy atom. The van der Waals surface area contributed by atoms with Crippen LogP contribution in [-0.4, -0.2) is 29.3 Å². The van der Waals surface area contributed by atoms with E-state index in [0.29, 0.717) is 11.1 Å². The zero-order valence-electron chi connectivity index (χ0n) is 12.4. The second kappa shape index (κ2) is 4.62. The fourth-order valence-corrected chi connectivity index (χ4v) is 2.41. The molecule has 3 rings (SSSR count). The van der Waals surface area contributed by atoms with Gasteiger partial charge in [-0.3, -0.25) is 0 Å². The van der Waals surface area contributed by atoms with Gasteiger partial charge < -0.3 is 14.6 Å². The maximum Gasteiger partial charge on any atom is 0.500 e. The summed E-state index contributed by atoms with van der Waals surface area (Å²) in [6.07, 6.45) is 4.07. The standard InChI is InChI=1S/C14H20BClN2O2/c1-13(2)14(3,4)20-15(19-13)11-10(16)7-8-17-12(11)18-9-5-6-9/h7-9H,5-6H2,1-4H3,(H,17,18). The monoisotopic (exact) mass is 294 g/mol. The predicted molar refractivity (Wildman–Crippen MR) is 81.6 cm³/mol. The Balaban J connectivity index is 1.94. The van der Waals surface area contributed by atoms with E-state index in [-0.39, 0.29) is 11.2 Å². The number of rotatable bonds is 3. The summed E-state index contributed by atoms with van der Waals surface area (Å²) in [5, 5.41) is 4.03. The Morgan fingerprint density at radius 3 is 2.40 bits per heavy atom. The molecule has 0 unspecified atom stereocenters. The average molecular weight is 295 g/mol. The molecule has 0 amide bonds. The highest BCUT2D eigenvalue weighted by atomic mass is 35.5. The van der Waals surface area contributed by atoms with Crippen LogP contribution in [0.5, 0.6) is 0 Å². The third-order valence-corrected chi connectivity index (χ3v) is 4.67. The summed E-state index contributed by atoms with van der Waals surface area (Å²) < 4.78 is 12.2. The first-order chi connectivity index (χ1) is 9.30. The van der Waals surface area contributed by atoms with Crippen molar-refractivity contribution in [2.24, 2.45) is 0 Å². The van der Waals surface area contributed by atoms with Crippen molar-refractivity contribution in [2.45, 2.75) is 57.8 Å². The lowest BCUT2D eigenvalue weighted by atomic mass is 9.79. The van der Waals surface area contributed by atoms with Gasteiger partial charge in [-0.2, -0.15) is 0 Å². The van der Waals surface area contributed by atoms with E-state index in [9.17, 15) is 0 Å². The van der Waals surface area contributed by atoms with E-state index in [1.54, 1.807) is 12.3 Å². The molecule has 2 aliphatic rings. The Kier molecular flexibility index (Phi) is 3.27. The van der Waals surface area contributed by atoms with Crippen molar-refractivity contribution in [3.05, 3.63) is 17.3 Å². The lowest BCUT2D eigenvalue weighted by molar-refractivity contribution is 0.00578. The van der Waals surface area contributed by atoms with E-state index in [1.807, 2.05) is 27.7 Å². The fourth-order valence-electron chi connectivity index (χ4n) is 2.17. The Hall–Kier alpha value is -0.775. The fraction of sp³-hybridized carbons (Fsp3) is 0.643. The van der Waals surface area contributed by atoms with E-state index in [4.69, 9.17) is 20.9 Å².